The highest BCUT2D eigenvalue weighted by molar-refractivity contribution is 7.71. The van der Waals surface area contributed by atoms with Gasteiger partial charge < -0.3 is 0 Å². The molecule has 0 saturated heterocycles. The van der Waals surface area contributed by atoms with Crippen LogP contribution in [0.4, 0.5) is 4.39 Å². The first kappa shape index (κ1) is 11.3. The van der Waals surface area contributed by atoms with Gasteiger partial charge in [-0.15, -0.1) is 0 Å². The monoisotopic (exact) mass is 257 g/mol. The lowest BCUT2D eigenvalue weighted by atomic mass is 10.2. The Morgan fingerprint density at radius 3 is 3.00 bits per heavy atom. The standard InChI is InChI=1S/C10H9ClFN3S/c11-8-3-1-2-7(6-8)9-13-14-10(16)15(9)5-4-12/h1-3,6H,4-5H2,(H,14,16). The highest BCUT2D eigenvalue weighted by atomic mass is 35.5. The molecule has 1 heterocycles. The van der Waals surface area contributed by atoms with Crippen LogP contribution >= 0.6 is 23.8 Å². The van der Waals surface area contributed by atoms with E-state index in [1.54, 1.807) is 16.7 Å². The fourth-order valence-electron chi connectivity index (χ4n) is 1.46. The lowest BCUT2D eigenvalue weighted by Gasteiger charge is -2.04. The van der Waals surface area contributed by atoms with Gasteiger partial charge in [0, 0.05) is 10.6 Å². The number of halogens is 2. The molecule has 1 aromatic heterocycles. The van der Waals surface area contributed by atoms with Gasteiger partial charge in [-0.3, -0.25) is 9.67 Å². The zero-order valence-corrected chi connectivity index (χ0v) is 9.85. The molecule has 0 fully saturated rings. The topological polar surface area (TPSA) is 33.6 Å². The minimum absolute atomic E-state index is 0.192. The van der Waals surface area contributed by atoms with Gasteiger partial charge in [-0.2, -0.15) is 5.10 Å². The second-order valence-corrected chi connectivity index (χ2v) is 4.03. The van der Waals surface area contributed by atoms with Crippen molar-refractivity contribution in [3.63, 3.8) is 0 Å². The summed E-state index contributed by atoms with van der Waals surface area (Å²) in [4.78, 5) is 0. The van der Waals surface area contributed by atoms with Crippen molar-refractivity contribution in [1.82, 2.24) is 14.8 Å². The summed E-state index contributed by atoms with van der Waals surface area (Å²) >= 11 is 10.9. The highest BCUT2D eigenvalue weighted by Gasteiger charge is 2.08. The Bertz CT molecular complexity index is 549. The number of hydrogen-bond acceptors (Lipinski definition) is 2. The molecule has 84 valence electrons. The van der Waals surface area contributed by atoms with Crippen LogP contribution in [0.2, 0.25) is 5.02 Å². The summed E-state index contributed by atoms with van der Waals surface area (Å²) in [5.74, 6) is 0.602. The predicted molar refractivity (Wildman–Crippen MR) is 63.8 cm³/mol. The number of nitrogens with zero attached hydrogens (tertiary/aromatic N) is 2. The zero-order chi connectivity index (χ0) is 11.5. The van der Waals surface area contributed by atoms with E-state index in [2.05, 4.69) is 10.2 Å². The van der Waals surface area contributed by atoms with Crippen LogP contribution in [0, 0.1) is 4.77 Å². The normalized spacial score (nSPS) is 10.6. The number of nitrogens with one attached hydrogen (secondary N) is 1. The summed E-state index contributed by atoms with van der Waals surface area (Å²) in [5.41, 5.74) is 0.813. The van der Waals surface area contributed by atoms with Gasteiger partial charge in [0.05, 0.1) is 6.54 Å². The van der Waals surface area contributed by atoms with Gasteiger partial charge in [-0.05, 0) is 24.4 Å². The molecule has 0 atom stereocenters. The van der Waals surface area contributed by atoms with E-state index >= 15 is 0 Å². The third-order valence-corrected chi connectivity index (χ3v) is 2.70. The third-order valence-electron chi connectivity index (χ3n) is 2.15. The molecule has 0 aliphatic heterocycles. The fourth-order valence-corrected chi connectivity index (χ4v) is 1.87. The number of hydrogen-bond donors (Lipinski definition) is 1. The number of benzene rings is 1. The van der Waals surface area contributed by atoms with E-state index in [9.17, 15) is 4.39 Å². The van der Waals surface area contributed by atoms with Crippen molar-refractivity contribution >= 4 is 23.8 Å². The molecule has 1 aromatic carbocycles. The molecular weight excluding hydrogens is 249 g/mol. The van der Waals surface area contributed by atoms with Gasteiger partial charge in [0.25, 0.3) is 0 Å². The second kappa shape index (κ2) is 4.76. The Morgan fingerprint density at radius 2 is 2.31 bits per heavy atom. The van der Waals surface area contributed by atoms with Crippen molar-refractivity contribution in [3.05, 3.63) is 34.1 Å². The number of H-pyrrole nitrogens is 1. The maximum Gasteiger partial charge on any atom is 0.195 e. The maximum atomic E-state index is 12.4. The molecule has 2 rings (SSSR count). The molecule has 2 aromatic rings. The minimum atomic E-state index is -0.485. The number of rotatable bonds is 3. The van der Waals surface area contributed by atoms with E-state index in [1.807, 2.05) is 12.1 Å². The van der Waals surface area contributed by atoms with Crippen molar-refractivity contribution in [3.8, 4) is 11.4 Å². The quantitative estimate of drug-likeness (QED) is 0.857. The van der Waals surface area contributed by atoms with Crippen LogP contribution in [0.15, 0.2) is 24.3 Å². The lowest BCUT2D eigenvalue weighted by molar-refractivity contribution is 0.445. The van der Waals surface area contributed by atoms with Gasteiger partial charge in [0.2, 0.25) is 0 Å². The van der Waals surface area contributed by atoms with Crippen LogP contribution in [0.1, 0.15) is 0 Å². The van der Waals surface area contributed by atoms with Crippen molar-refractivity contribution in [2.45, 2.75) is 6.54 Å². The smallest absolute Gasteiger partial charge is 0.195 e. The average Bonchev–Trinajstić information content (AvgIpc) is 2.61. The maximum absolute atomic E-state index is 12.4. The van der Waals surface area contributed by atoms with Crippen LogP contribution in [-0.2, 0) is 6.54 Å². The first-order chi connectivity index (χ1) is 7.72. The molecule has 0 aliphatic rings. The summed E-state index contributed by atoms with van der Waals surface area (Å²) in [6.07, 6.45) is 0. The number of aromatic amines is 1. The van der Waals surface area contributed by atoms with Crippen LogP contribution < -0.4 is 0 Å². The second-order valence-electron chi connectivity index (χ2n) is 3.20. The molecule has 16 heavy (non-hydrogen) atoms. The predicted octanol–water partition coefficient (Wildman–Crippen LogP) is 3.23. The Kier molecular flexibility index (Phi) is 3.36. The molecule has 0 amide bonds. The van der Waals surface area contributed by atoms with Crippen molar-refractivity contribution in [2.24, 2.45) is 0 Å². The van der Waals surface area contributed by atoms with Crippen LogP contribution in [-0.4, -0.2) is 21.4 Å². The number of aromatic nitrogens is 3. The van der Waals surface area contributed by atoms with Gasteiger partial charge in [-0.25, -0.2) is 4.39 Å². The van der Waals surface area contributed by atoms with Gasteiger partial charge in [-0.1, -0.05) is 23.7 Å². The Hall–Kier alpha value is -1.20. The first-order valence-electron chi connectivity index (χ1n) is 4.69. The molecule has 3 nitrogen and oxygen atoms in total. The first-order valence-corrected chi connectivity index (χ1v) is 5.48. The molecule has 0 radical (unpaired) electrons. The molecule has 0 spiro atoms. The van der Waals surface area contributed by atoms with Crippen LogP contribution in [0.3, 0.4) is 0 Å². The van der Waals surface area contributed by atoms with E-state index < -0.39 is 6.67 Å². The average molecular weight is 258 g/mol. The van der Waals surface area contributed by atoms with E-state index in [1.165, 1.54) is 0 Å². The Balaban J connectivity index is 2.51. The van der Waals surface area contributed by atoms with E-state index in [0.717, 1.165) is 5.56 Å². The number of alkyl halides is 1. The third kappa shape index (κ3) is 2.15. The van der Waals surface area contributed by atoms with Crippen molar-refractivity contribution in [1.29, 1.82) is 0 Å². The molecule has 1 N–H and O–H groups in total. The summed E-state index contributed by atoms with van der Waals surface area (Å²) in [5, 5.41) is 7.32. The van der Waals surface area contributed by atoms with Crippen molar-refractivity contribution < 1.29 is 4.39 Å². The zero-order valence-electron chi connectivity index (χ0n) is 8.28. The van der Waals surface area contributed by atoms with Crippen LogP contribution in [0.25, 0.3) is 11.4 Å². The molecule has 0 unspecified atom stereocenters. The summed E-state index contributed by atoms with van der Waals surface area (Å²) in [6, 6.07) is 7.20. The largest absolute Gasteiger partial charge is 0.298 e. The van der Waals surface area contributed by atoms with Crippen molar-refractivity contribution in [2.75, 3.05) is 6.67 Å². The fraction of sp³-hybridized carbons (Fsp3) is 0.200. The van der Waals surface area contributed by atoms with E-state index in [4.69, 9.17) is 23.8 Å². The van der Waals surface area contributed by atoms with Gasteiger partial charge >= 0.3 is 0 Å². The van der Waals surface area contributed by atoms with Crippen LogP contribution in [0.5, 0.6) is 0 Å². The van der Waals surface area contributed by atoms with E-state index in [-0.39, 0.29) is 6.54 Å². The summed E-state index contributed by atoms with van der Waals surface area (Å²) in [7, 11) is 0. The Labute approximate surface area is 102 Å². The SMILES string of the molecule is FCCn1c(-c2cccc(Cl)c2)n[nH]c1=S. The van der Waals surface area contributed by atoms with Gasteiger partial charge in [0.15, 0.2) is 10.6 Å². The summed E-state index contributed by atoms with van der Waals surface area (Å²) in [6.45, 7) is -0.293. The van der Waals surface area contributed by atoms with E-state index in [0.29, 0.717) is 15.6 Å². The molecule has 0 saturated carbocycles. The summed E-state index contributed by atoms with van der Waals surface area (Å²) < 4.78 is 14.4. The lowest BCUT2D eigenvalue weighted by Crippen LogP contribution is -2.02. The molecule has 6 heteroatoms. The van der Waals surface area contributed by atoms with Gasteiger partial charge in [0.1, 0.15) is 6.67 Å². The Morgan fingerprint density at radius 1 is 1.50 bits per heavy atom. The minimum Gasteiger partial charge on any atom is -0.298 e. The molecular formula is C10H9ClFN3S. The molecule has 0 aliphatic carbocycles. The highest BCUT2D eigenvalue weighted by Crippen LogP contribution is 2.20. The molecule has 0 bridgehead atoms.